The Hall–Kier alpha value is -3.46. The minimum Gasteiger partial charge on any atom is -0.365 e. The highest BCUT2D eigenvalue weighted by Gasteiger charge is 2.09. The number of pyridine rings is 1. The number of primary amides is 1. The van der Waals surface area contributed by atoms with Crippen molar-refractivity contribution in [2.45, 2.75) is 0 Å². The summed E-state index contributed by atoms with van der Waals surface area (Å²) < 4.78 is 0. The summed E-state index contributed by atoms with van der Waals surface area (Å²) in [6.45, 7) is 0. The number of aromatic nitrogens is 3. The van der Waals surface area contributed by atoms with Gasteiger partial charge >= 0.3 is 0 Å². The zero-order valence-corrected chi connectivity index (χ0v) is 11.4. The Morgan fingerprint density at radius 3 is 2.91 bits per heavy atom. The zero-order chi connectivity index (χ0) is 15.5. The van der Waals surface area contributed by atoms with E-state index < -0.39 is 5.91 Å². The van der Waals surface area contributed by atoms with E-state index in [2.05, 4.69) is 15.2 Å². The molecule has 106 valence electrons. The van der Waals surface area contributed by atoms with E-state index in [0.29, 0.717) is 5.56 Å². The van der Waals surface area contributed by atoms with Crippen molar-refractivity contribution in [1.82, 2.24) is 15.2 Å². The van der Waals surface area contributed by atoms with Crippen molar-refractivity contribution in [3.8, 4) is 17.3 Å². The summed E-state index contributed by atoms with van der Waals surface area (Å²) in [5.74, 6) is -0.748. The van der Waals surface area contributed by atoms with E-state index in [-0.39, 0.29) is 5.57 Å². The fourth-order valence-corrected chi connectivity index (χ4v) is 2.17. The molecule has 2 aromatic heterocycles. The summed E-state index contributed by atoms with van der Waals surface area (Å²) in [5, 5.41) is 17.0. The van der Waals surface area contributed by atoms with Crippen LogP contribution < -0.4 is 5.73 Å². The largest absolute Gasteiger partial charge is 0.365 e. The molecule has 1 aromatic carbocycles. The Bertz CT molecular complexity index is 919. The van der Waals surface area contributed by atoms with Gasteiger partial charge in [0, 0.05) is 23.3 Å². The van der Waals surface area contributed by atoms with Crippen LogP contribution >= 0.6 is 0 Å². The number of nitrogens with two attached hydrogens (primary N) is 1. The van der Waals surface area contributed by atoms with Crippen LogP contribution in [-0.2, 0) is 4.79 Å². The number of nitrogens with zero attached hydrogens (tertiary/aromatic N) is 3. The molecule has 0 atom stereocenters. The Balaban J connectivity index is 2.14. The molecular formula is C16H11N5O. The molecule has 1 amide bonds. The van der Waals surface area contributed by atoms with Crippen molar-refractivity contribution < 1.29 is 4.79 Å². The van der Waals surface area contributed by atoms with Gasteiger partial charge in [0.1, 0.15) is 17.3 Å². The number of nitrogens with one attached hydrogen (secondary N) is 1. The van der Waals surface area contributed by atoms with Gasteiger partial charge in [-0.05, 0) is 35.9 Å². The van der Waals surface area contributed by atoms with Gasteiger partial charge in [0.15, 0.2) is 0 Å². The van der Waals surface area contributed by atoms with Crippen LogP contribution in [0.2, 0.25) is 0 Å². The van der Waals surface area contributed by atoms with E-state index in [0.717, 1.165) is 22.2 Å². The van der Waals surface area contributed by atoms with E-state index in [9.17, 15) is 4.79 Å². The monoisotopic (exact) mass is 289 g/mol. The molecule has 6 heteroatoms. The first kappa shape index (κ1) is 13.5. The van der Waals surface area contributed by atoms with Gasteiger partial charge in [-0.2, -0.15) is 10.4 Å². The summed E-state index contributed by atoms with van der Waals surface area (Å²) in [6.07, 6.45) is 4.88. The number of rotatable bonds is 3. The summed E-state index contributed by atoms with van der Waals surface area (Å²) >= 11 is 0. The van der Waals surface area contributed by atoms with E-state index >= 15 is 0 Å². The molecule has 0 radical (unpaired) electrons. The minimum atomic E-state index is -0.748. The second-order valence-electron chi connectivity index (χ2n) is 4.65. The highest BCUT2D eigenvalue weighted by atomic mass is 16.1. The summed E-state index contributed by atoms with van der Waals surface area (Å²) in [5.41, 5.74) is 8.26. The molecule has 6 nitrogen and oxygen atoms in total. The number of hydrogen-bond donors (Lipinski definition) is 2. The van der Waals surface area contributed by atoms with Crippen molar-refractivity contribution in [3.63, 3.8) is 0 Å². The molecule has 0 saturated carbocycles. The fraction of sp³-hybridized carbons (Fsp3) is 0. The number of amides is 1. The van der Waals surface area contributed by atoms with Crippen LogP contribution in [0, 0.1) is 11.3 Å². The third kappa shape index (κ3) is 2.43. The van der Waals surface area contributed by atoms with Gasteiger partial charge in [0.25, 0.3) is 5.91 Å². The highest BCUT2D eigenvalue weighted by molar-refractivity contribution is 6.01. The van der Waals surface area contributed by atoms with Gasteiger partial charge in [-0.3, -0.25) is 14.9 Å². The normalized spacial score (nSPS) is 11.3. The standard InChI is InChI=1S/C16H11N5O/c17-8-12(16(18)22)6-10-3-4-14-13(7-10)15(21-20-14)11-2-1-5-19-9-11/h1-7,9H,(H2,18,22)(H,20,21)/b12-6-. The van der Waals surface area contributed by atoms with Gasteiger partial charge in [-0.1, -0.05) is 6.07 Å². The number of aromatic amines is 1. The fourth-order valence-electron chi connectivity index (χ4n) is 2.17. The number of benzene rings is 1. The smallest absolute Gasteiger partial charge is 0.259 e. The zero-order valence-electron chi connectivity index (χ0n) is 11.4. The Morgan fingerprint density at radius 1 is 1.36 bits per heavy atom. The molecule has 3 aromatic rings. The third-order valence-corrected chi connectivity index (χ3v) is 3.22. The number of carbonyl (C=O) groups excluding carboxylic acids is 1. The summed E-state index contributed by atoms with van der Waals surface area (Å²) in [7, 11) is 0. The lowest BCUT2D eigenvalue weighted by Gasteiger charge is -1.99. The second-order valence-corrected chi connectivity index (χ2v) is 4.65. The Labute approximate surface area is 125 Å². The van der Waals surface area contributed by atoms with Gasteiger partial charge in [0.2, 0.25) is 0 Å². The Kier molecular flexibility index (Phi) is 3.38. The van der Waals surface area contributed by atoms with Crippen LogP contribution in [0.15, 0.2) is 48.3 Å². The highest BCUT2D eigenvalue weighted by Crippen LogP contribution is 2.27. The molecule has 0 aliphatic heterocycles. The first-order chi connectivity index (χ1) is 10.7. The van der Waals surface area contributed by atoms with Crippen LogP contribution in [0.4, 0.5) is 0 Å². The molecule has 0 aliphatic rings. The van der Waals surface area contributed by atoms with Gasteiger partial charge in [-0.25, -0.2) is 0 Å². The van der Waals surface area contributed by atoms with Crippen LogP contribution in [0.3, 0.4) is 0 Å². The van der Waals surface area contributed by atoms with Crippen molar-refractivity contribution >= 4 is 22.9 Å². The molecule has 2 heterocycles. The lowest BCUT2D eigenvalue weighted by molar-refractivity contribution is -0.114. The van der Waals surface area contributed by atoms with Crippen LogP contribution in [0.5, 0.6) is 0 Å². The van der Waals surface area contributed by atoms with Crippen molar-refractivity contribution in [1.29, 1.82) is 5.26 Å². The number of fused-ring (bicyclic) bond motifs is 1. The van der Waals surface area contributed by atoms with Crippen molar-refractivity contribution in [2.24, 2.45) is 5.73 Å². The van der Waals surface area contributed by atoms with Gasteiger partial charge < -0.3 is 5.73 Å². The van der Waals surface area contributed by atoms with E-state index in [4.69, 9.17) is 11.0 Å². The number of carbonyl (C=O) groups is 1. The van der Waals surface area contributed by atoms with E-state index in [1.165, 1.54) is 6.08 Å². The average molecular weight is 289 g/mol. The van der Waals surface area contributed by atoms with Crippen LogP contribution in [0.25, 0.3) is 28.2 Å². The molecular weight excluding hydrogens is 278 g/mol. The minimum absolute atomic E-state index is 0.0919. The van der Waals surface area contributed by atoms with Crippen LogP contribution in [0.1, 0.15) is 5.56 Å². The molecule has 0 spiro atoms. The number of nitriles is 1. The maximum Gasteiger partial charge on any atom is 0.259 e. The molecule has 22 heavy (non-hydrogen) atoms. The van der Waals surface area contributed by atoms with Crippen LogP contribution in [-0.4, -0.2) is 21.1 Å². The quantitative estimate of drug-likeness (QED) is 0.567. The summed E-state index contributed by atoms with van der Waals surface area (Å²) in [6, 6.07) is 11.0. The average Bonchev–Trinajstić information content (AvgIpc) is 2.96. The SMILES string of the molecule is N#C/C(=C/c1ccc2[nH]nc(-c3cccnc3)c2c1)C(N)=O. The van der Waals surface area contributed by atoms with E-state index in [1.807, 2.05) is 24.3 Å². The molecule has 0 aliphatic carbocycles. The number of H-pyrrole nitrogens is 1. The predicted molar refractivity (Wildman–Crippen MR) is 82.1 cm³/mol. The molecule has 0 bridgehead atoms. The molecule has 0 fully saturated rings. The maximum absolute atomic E-state index is 11.1. The second kappa shape index (κ2) is 5.50. The lowest BCUT2D eigenvalue weighted by atomic mass is 10.1. The maximum atomic E-state index is 11.1. The summed E-state index contributed by atoms with van der Waals surface area (Å²) in [4.78, 5) is 15.2. The first-order valence-corrected chi connectivity index (χ1v) is 6.49. The van der Waals surface area contributed by atoms with Crippen molar-refractivity contribution in [3.05, 3.63) is 53.9 Å². The van der Waals surface area contributed by atoms with Gasteiger partial charge in [0.05, 0.1) is 5.52 Å². The topological polar surface area (TPSA) is 108 Å². The van der Waals surface area contributed by atoms with E-state index in [1.54, 1.807) is 24.5 Å². The lowest BCUT2D eigenvalue weighted by Crippen LogP contribution is -2.12. The number of hydrogen-bond acceptors (Lipinski definition) is 4. The molecule has 3 rings (SSSR count). The first-order valence-electron chi connectivity index (χ1n) is 6.49. The third-order valence-electron chi connectivity index (χ3n) is 3.22. The molecule has 0 unspecified atom stereocenters. The Morgan fingerprint density at radius 2 is 2.23 bits per heavy atom. The van der Waals surface area contributed by atoms with Crippen molar-refractivity contribution in [2.75, 3.05) is 0 Å². The molecule has 3 N–H and O–H groups in total. The predicted octanol–water partition coefficient (Wildman–Crippen LogP) is 2.02. The van der Waals surface area contributed by atoms with Gasteiger partial charge in [-0.15, -0.1) is 0 Å². The molecule has 0 saturated heterocycles.